The molecule has 9 unspecified atom stereocenters. The van der Waals surface area contributed by atoms with Crippen molar-refractivity contribution in [1.29, 1.82) is 0 Å². The molecule has 0 heterocycles. The zero-order chi connectivity index (χ0) is 22.2. The second-order valence-electron chi connectivity index (χ2n) is 13.3. The molecule has 5 aliphatic rings. The van der Waals surface area contributed by atoms with E-state index in [0.717, 1.165) is 37.0 Å². The average molecular weight is 429 g/mol. The number of carbonyl (C=O) groups excluding carboxylic acids is 2. The maximum absolute atomic E-state index is 12.2. The Labute approximate surface area is 189 Å². The first kappa shape index (κ1) is 22.0. The highest BCUT2D eigenvalue weighted by atomic mass is 16.5. The number of hydrogen-bond acceptors (Lipinski definition) is 3. The van der Waals surface area contributed by atoms with E-state index in [1.807, 2.05) is 0 Å². The quantitative estimate of drug-likeness (QED) is 0.368. The molecule has 0 aromatic rings. The third-order valence-electron chi connectivity index (χ3n) is 12.1. The molecule has 5 rings (SSSR count). The van der Waals surface area contributed by atoms with Gasteiger partial charge in [0.15, 0.2) is 0 Å². The number of esters is 1. The van der Waals surface area contributed by atoms with Crippen LogP contribution in [-0.4, -0.2) is 18.4 Å². The molecule has 0 aliphatic heterocycles. The standard InChI is InChI=1S/C28H44O3/c1-18(30)31-24-12-15-27(5)22(25(24,2)3)11-14-26(4)20-10-16-28(17-29)13-6-7-21(28)19(20)8-9-23(26)27/h17,19-24H,6-16H2,1-5H3. The van der Waals surface area contributed by atoms with Crippen LogP contribution >= 0.6 is 0 Å². The summed E-state index contributed by atoms with van der Waals surface area (Å²) in [6.07, 6.45) is 15.0. The van der Waals surface area contributed by atoms with E-state index in [4.69, 9.17) is 4.74 Å². The molecule has 0 aromatic carbocycles. The second kappa shape index (κ2) is 7.07. The van der Waals surface area contributed by atoms with E-state index in [2.05, 4.69) is 27.7 Å². The van der Waals surface area contributed by atoms with Crippen LogP contribution in [0.15, 0.2) is 0 Å². The molecule has 3 nitrogen and oxygen atoms in total. The molecule has 0 aromatic heterocycles. The second-order valence-corrected chi connectivity index (χ2v) is 13.3. The molecule has 0 saturated heterocycles. The SMILES string of the molecule is CC(=O)OC1CCC2(C)C(CCC3(C)C4CCC5(C=O)CCCC5C4CCC32)C1(C)C. The summed E-state index contributed by atoms with van der Waals surface area (Å²) in [7, 11) is 0. The monoisotopic (exact) mass is 428 g/mol. The maximum Gasteiger partial charge on any atom is 0.302 e. The minimum Gasteiger partial charge on any atom is -0.462 e. The third kappa shape index (κ3) is 2.89. The number of carbonyl (C=O) groups is 2. The zero-order valence-corrected chi connectivity index (χ0v) is 20.5. The van der Waals surface area contributed by atoms with Crippen molar-refractivity contribution in [2.75, 3.05) is 0 Å². The molecular weight excluding hydrogens is 384 g/mol. The van der Waals surface area contributed by atoms with E-state index in [1.54, 1.807) is 6.92 Å². The van der Waals surface area contributed by atoms with Crippen molar-refractivity contribution in [3.05, 3.63) is 0 Å². The Morgan fingerprint density at radius 2 is 1.55 bits per heavy atom. The van der Waals surface area contributed by atoms with Crippen LogP contribution in [0.2, 0.25) is 0 Å². The Hall–Kier alpha value is -0.860. The van der Waals surface area contributed by atoms with Crippen LogP contribution in [0.1, 0.15) is 105 Å². The number of fused-ring (bicyclic) bond motifs is 7. The van der Waals surface area contributed by atoms with Gasteiger partial charge in [0, 0.05) is 17.8 Å². The molecule has 31 heavy (non-hydrogen) atoms. The van der Waals surface area contributed by atoms with Gasteiger partial charge in [0.2, 0.25) is 0 Å². The Morgan fingerprint density at radius 1 is 0.806 bits per heavy atom. The zero-order valence-electron chi connectivity index (χ0n) is 20.5. The molecule has 0 radical (unpaired) electrons. The summed E-state index contributed by atoms with van der Waals surface area (Å²) >= 11 is 0. The summed E-state index contributed by atoms with van der Waals surface area (Å²) in [5.74, 6) is 3.49. The van der Waals surface area contributed by atoms with Crippen molar-refractivity contribution in [3.8, 4) is 0 Å². The van der Waals surface area contributed by atoms with Gasteiger partial charge in [-0.25, -0.2) is 0 Å². The summed E-state index contributed by atoms with van der Waals surface area (Å²) in [6, 6.07) is 0. The Morgan fingerprint density at radius 3 is 2.26 bits per heavy atom. The van der Waals surface area contributed by atoms with Crippen molar-refractivity contribution >= 4 is 12.3 Å². The van der Waals surface area contributed by atoms with Crippen LogP contribution < -0.4 is 0 Å². The molecular formula is C28H44O3. The van der Waals surface area contributed by atoms with Crippen LogP contribution in [0.25, 0.3) is 0 Å². The Bertz CT molecular complexity index is 757. The van der Waals surface area contributed by atoms with Gasteiger partial charge in [0.1, 0.15) is 12.4 Å². The lowest BCUT2D eigenvalue weighted by Crippen LogP contribution is -2.63. The highest BCUT2D eigenvalue weighted by Crippen LogP contribution is 2.72. The largest absolute Gasteiger partial charge is 0.462 e. The van der Waals surface area contributed by atoms with Crippen molar-refractivity contribution in [1.82, 2.24) is 0 Å². The van der Waals surface area contributed by atoms with Gasteiger partial charge in [0.05, 0.1) is 0 Å². The summed E-state index contributed by atoms with van der Waals surface area (Å²) in [5, 5.41) is 0. The number of aldehydes is 1. The fourth-order valence-corrected chi connectivity index (χ4v) is 10.9. The third-order valence-corrected chi connectivity index (χ3v) is 12.1. The van der Waals surface area contributed by atoms with Gasteiger partial charge in [-0.15, -0.1) is 0 Å². The molecule has 0 amide bonds. The molecule has 5 saturated carbocycles. The van der Waals surface area contributed by atoms with Crippen LogP contribution in [-0.2, 0) is 14.3 Å². The van der Waals surface area contributed by atoms with Gasteiger partial charge < -0.3 is 9.53 Å². The van der Waals surface area contributed by atoms with E-state index >= 15 is 0 Å². The van der Waals surface area contributed by atoms with Gasteiger partial charge >= 0.3 is 5.97 Å². The summed E-state index contributed by atoms with van der Waals surface area (Å²) in [6.45, 7) is 11.5. The van der Waals surface area contributed by atoms with Gasteiger partial charge in [-0.1, -0.05) is 34.1 Å². The van der Waals surface area contributed by atoms with E-state index in [0.29, 0.717) is 22.7 Å². The molecule has 174 valence electrons. The lowest BCUT2D eigenvalue weighted by atomic mass is 9.36. The van der Waals surface area contributed by atoms with E-state index in [9.17, 15) is 9.59 Å². The molecule has 9 atom stereocenters. The van der Waals surface area contributed by atoms with Crippen molar-refractivity contribution < 1.29 is 14.3 Å². The molecule has 0 N–H and O–H groups in total. The topological polar surface area (TPSA) is 43.4 Å². The number of rotatable bonds is 2. The van der Waals surface area contributed by atoms with E-state index in [1.165, 1.54) is 57.7 Å². The van der Waals surface area contributed by atoms with Crippen LogP contribution in [0.3, 0.4) is 0 Å². The van der Waals surface area contributed by atoms with Crippen LogP contribution in [0, 0.1) is 51.2 Å². The lowest BCUT2D eigenvalue weighted by Gasteiger charge is -2.69. The Balaban J connectivity index is 1.44. The van der Waals surface area contributed by atoms with Crippen LogP contribution in [0.4, 0.5) is 0 Å². The number of hydrogen-bond donors (Lipinski definition) is 0. The first-order valence-electron chi connectivity index (χ1n) is 13.2. The van der Waals surface area contributed by atoms with Crippen molar-refractivity contribution in [2.45, 2.75) is 111 Å². The van der Waals surface area contributed by atoms with Gasteiger partial charge in [-0.2, -0.15) is 0 Å². The van der Waals surface area contributed by atoms with E-state index < -0.39 is 0 Å². The predicted molar refractivity (Wildman–Crippen MR) is 122 cm³/mol. The lowest BCUT2D eigenvalue weighted by molar-refractivity contribution is -0.220. The summed E-state index contributed by atoms with van der Waals surface area (Å²) in [4.78, 5) is 24.0. The first-order chi connectivity index (χ1) is 14.6. The number of ether oxygens (including phenoxy) is 1. The minimum absolute atomic E-state index is 0.0234. The minimum atomic E-state index is -0.125. The van der Waals surface area contributed by atoms with Gasteiger partial charge in [0.25, 0.3) is 0 Å². The first-order valence-corrected chi connectivity index (χ1v) is 13.2. The highest BCUT2D eigenvalue weighted by Gasteiger charge is 2.66. The van der Waals surface area contributed by atoms with Crippen LogP contribution in [0.5, 0.6) is 0 Å². The highest BCUT2D eigenvalue weighted by molar-refractivity contribution is 5.66. The fraction of sp³-hybridized carbons (Fsp3) is 0.929. The Kier molecular flexibility index (Phi) is 5.01. The predicted octanol–water partition coefficient (Wildman–Crippen LogP) is 6.58. The molecule has 0 spiro atoms. The van der Waals surface area contributed by atoms with Crippen molar-refractivity contribution in [2.24, 2.45) is 51.2 Å². The summed E-state index contributed by atoms with van der Waals surface area (Å²) < 4.78 is 5.85. The maximum atomic E-state index is 12.2. The smallest absolute Gasteiger partial charge is 0.302 e. The average Bonchev–Trinajstić information content (AvgIpc) is 3.14. The van der Waals surface area contributed by atoms with Crippen molar-refractivity contribution in [3.63, 3.8) is 0 Å². The molecule has 5 aliphatic carbocycles. The normalized spacial score (nSPS) is 52.8. The summed E-state index contributed by atoms with van der Waals surface area (Å²) in [5.41, 5.74) is 0.820. The van der Waals surface area contributed by atoms with Gasteiger partial charge in [-0.3, -0.25) is 4.79 Å². The molecule has 0 bridgehead atoms. The molecule has 3 heteroatoms. The molecule has 5 fully saturated rings. The van der Waals surface area contributed by atoms with E-state index in [-0.39, 0.29) is 22.9 Å². The fourth-order valence-electron chi connectivity index (χ4n) is 10.9. The van der Waals surface area contributed by atoms with Gasteiger partial charge in [-0.05, 0) is 105 Å².